The number of ether oxygens (including phenoxy) is 3. The lowest BCUT2D eigenvalue weighted by molar-refractivity contribution is 0.0509. The molecule has 0 fully saturated rings. The van der Waals surface area contributed by atoms with E-state index in [1.165, 1.54) is 13.2 Å². The minimum atomic E-state index is -0.647. The maximum Gasteiger partial charge on any atom is 0.369 e. The smallest absolute Gasteiger partial charge is 0.369 e. The van der Waals surface area contributed by atoms with Crippen LogP contribution in [0.4, 0.5) is 0 Å². The first-order chi connectivity index (χ1) is 12.5. The van der Waals surface area contributed by atoms with E-state index in [1.807, 2.05) is 13.0 Å². The minimum Gasteiger partial charge on any atom is -0.497 e. The molecule has 1 heterocycles. The molecular weight excluding hydrogens is 358 g/mol. The third kappa shape index (κ3) is 3.75. The van der Waals surface area contributed by atoms with Crippen LogP contribution in [-0.4, -0.2) is 32.0 Å². The number of methoxy groups -OCH3 is 2. The molecule has 0 aliphatic carbocycles. The van der Waals surface area contributed by atoms with E-state index in [1.54, 1.807) is 31.4 Å². The van der Waals surface area contributed by atoms with Crippen molar-refractivity contribution >= 4 is 23.3 Å². The number of benzene rings is 2. The Kier molecular flexibility index (Phi) is 5.32. The van der Waals surface area contributed by atoms with Crippen molar-refractivity contribution < 1.29 is 23.8 Å². The third-order valence-electron chi connectivity index (χ3n) is 3.93. The van der Waals surface area contributed by atoms with E-state index < -0.39 is 5.97 Å². The van der Waals surface area contributed by atoms with Crippen molar-refractivity contribution in [2.24, 2.45) is 5.16 Å². The van der Waals surface area contributed by atoms with Crippen LogP contribution in [0.2, 0.25) is 5.02 Å². The van der Waals surface area contributed by atoms with E-state index in [0.29, 0.717) is 34.4 Å². The van der Waals surface area contributed by atoms with Crippen LogP contribution in [0.3, 0.4) is 0 Å². The Balaban J connectivity index is 1.87. The maximum absolute atomic E-state index is 12.4. The van der Waals surface area contributed by atoms with Crippen molar-refractivity contribution in [3.8, 4) is 17.2 Å². The molecule has 1 aliphatic rings. The number of nitrogens with zero attached hydrogens (tertiary/aromatic N) is 1. The predicted octanol–water partition coefficient (Wildman–Crippen LogP) is 4.09. The van der Waals surface area contributed by atoms with E-state index in [0.717, 1.165) is 5.56 Å². The molecule has 0 aromatic heterocycles. The Morgan fingerprint density at radius 2 is 2.00 bits per heavy atom. The summed E-state index contributed by atoms with van der Waals surface area (Å²) in [4.78, 5) is 17.5. The second-order valence-corrected chi connectivity index (χ2v) is 6.19. The number of hydrogen-bond donors (Lipinski definition) is 0. The molecule has 136 valence electrons. The number of halogens is 1. The van der Waals surface area contributed by atoms with Gasteiger partial charge in [-0.05, 0) is 37.3 Å². The number of carbonyl (C=O) groups excluding carboxylic acids is 1. The van der Waals surface area contributed by atoms with Crippen molar-refractivity contribution in [1.82, 2.24) is 0 Å². The molecule has 0 amide bonds. The molecule has 0 N–H and O–H groups in total. The topological polar surface area (TPSA) is 66.3 Å². The van der Waals surface area contributed by atoms with Gasteiger partial charge >= 0.3 is 5.97 Å². The van der Waals surface area contributed by atoms with E-state index >= 15 is 0 Å². The molecule has 2 aromatic rings. The van der Waals surface area contributed by atoms with Crippen LogP contribution in [0.25, 0.3) is 0 Å². The van der Waals surface area contributed by atoms with Crippen molar-refractivity contribution in [1.29, 1.82) is 0 Å². The quantitative estimate of drug-likeness (QED) is 0.594. The number of carbonyl (C=O) groups is 1. The van der Waals surface area contributed by atoms with Crippen LogP contribution in [0, 0.1) is 0 Å². The number of hydrogen-bond acceptors (Lipinski definition) is 6. The minimum absolute atomic E-state index is 0.104. The molecule has 7 heteroatoms. The lowest BCUT2D eigenvalue weighted by atomic mass is 10.0. The molecule has 1 aliphatic heterocycles. The largest absolute Gasteiger partial charge is 0.497 e. The van der Waals surface area contributed by atoms with Crippen LogP contribution >= 0.6 is 11.6 Å². The lowest BCUT2D eigenvalue weighted by Gasteiger charge is -2.24. The average Bonchev–Trinajstić information content (AvgIpc) is 2.65. The molecule has 0 unspecified atom stereocenters. The highest BCUT2D eigenvalue weighted by Crippen LogP contribution is 2.32. The van der Waals surface area contributed by atoms with Gasteiger partial charge in [0.1, 0.15) is 28.9 Å². The van der Waals surface area contributed by atoms with Crippen LogP contribution < -0.4 is 14.2 Å². The van der Waals surface area contributed by atoms with Gasteiger partial charge in [-0.2, -0.15) is 0 Å². The molecule has 1 atom stereocenters. The van der Waals surface area contributed by atoms with Crippen molar-refractivity contribution in [2.75, 3.05) is 14.2 Å². The predicted molar refractivity (Wildman–Crippen MR) is 97.7 cm³/mol. The first kappa shape index (κ1) is 18.1. The molecule has 0 bridgehead atoms. The van der Waals surface area contributed by atoms with Crippen molar-refractivity contribution in [3.05, 3.63) is 52.5 Å². The molecule has 0 saturated heterocycles. The van der Waals surface area contributed by atoms with Gasteiger partial charge in [0.25, 0.3) is 0 Å². The van der Waals surface area contributed by atoms with Gasteiger partial charge < -0.3 is 19.0 Å². The summed E-state index contributed by atoms with van der Waals surface area (Å²) in [5.41, 5.74) is 1.59. The molecule has 26 heavy (non-hydrogen) atoms. The number of fused-ring (bicyclic) bond motifs is 1. The first-order valence-corrected chi connectivity index (χ1v) is 8.36. The highest BCUT2D eigenvalue weighted by Gasteiger charge is 2.24. The van der Waals surface area contributed by atoms with Gasteiger partial charge in [-0.25, -0.2) is 4.79 Å². The number of oxime groups is 1. The van der Waals surface area contributed by atoms with E-state index in [2.05, 4.69) is 5.16 Å². The Morgan fingerprint density at radius 3 is 2.73 bits per heavy atom. The summed E-state index contributed by atoms with van der Waals surface area (Å²) in [6, 6.07) is 10.1. The Hall–Kier alpha value is -2.73. The fourth-order valence-electron chi connectivity index (χ4n) is 2.68. The van der Waals surface area contributed by atoms with E-state index in [-0.39, 0.29) is 11.7 Å². The zero-order valence-electron chi connectivity index (χ0n) is 14.6. The van der Waals surface area contributed by atoms with Gasteiger partial charge in [0.15, 0.2) is 0 Å². The summed E-state index contributed by atoms with van der Waals surface area (Å²) in [5.74, 6) is 1.03. The Labute approximate surface area is 156 Å². The van der Waals surface area contributed by atoms with E-state index in [9.17, 15) is 4.79 Å². The highest BCUT2D eigenvalue weighted by molar-refractivity contribution is 6.31. The van der Waals surface area contributed by atoms with Gasteiger partial charge in [0.2, 0.25) is 0 Å². The van der Waals surface area contributed by atoms with Crippen LogP contribution in [0.15, 0.2) is 41.6 Å². The lowest BCUT2D eigenvalue weighted by Crippen LogP contribution is -2.25. The summed E-state index contributed by atoms with van der Waals surface area (Å²) in [7, 11) is 3.05. The normalized spacial score (nSPS) is 17.2. The Bertz CT molecular complexity index is 865. The fraction of sp³-hybridized carbons (Fsp3) is 0.263. The second-order valence-electron chi connectivity index (χ2n) is 5.76. The zero-order valence-corrected chi connectivity index (χ0v) is 15.4. The van der Waals surface area contributed by atoms with Crippen molar-refractivity contribution in [3.63, 3.8) is 0 Å². The van der Waals surface area contributed by atoms with Gasteiger partial charge in [0, 0.05) is 23.1 Å². The van der Waals surface area contributed by atoms with Crippen LogP contribution in [0.5, 0.6) is 17.2 Å². The first-order valence-electron chi connectivity index (χ1n) is 7.98. The maximum atomic E-state index is 12.4. The summed E-state index contributed by atoms with van der Waals surface area (Å²) in [6.45, 7) is 1.92. The van der Waals surface area contributed by atoms with E-state index in [4.69, 9.17) is 30.6 Å². The van der Waals surface area contributed by atoms with Gasteiger partial charge in [-0.1, -0.05) is 16.8 Å². The summed E-state index contributed by atoms with van der Waals surface area (Å²) >= 11 is 5.95. The Morgan fingerprint density at radius 1 is 1.19 bits per heavy atom. The third-order valence-corrected chi connectivity index (χ3v) is 4.16. The second kappa shape index (κ2) is 7.66. The molecule has 0 saturated carbocycles. The highest BCUT2D eigenvalue weighted by atomic mass is 35.5. The zero-order chi connectivity index (χ0) is 18.7. The summed E-state index contributed by atoms with van der Waals surface area (Å²) < 4.78 is 16.2. The average molecular weight is 376 g/mol. The molecule has 0 spiro atoms. The standard InChI is InChI=1S/C19H18ClNO5/c1-11-8-16(14-6-5-13(23-2)10-18(14)25-11)21-26-19(22)15-9-12(20)4-7-17(15)24-3/h4-7,9-11H,8H2,1-3H3/b21-16+/t11-/m1/s1. The monoisotopic (exact) mass is 375 g/mol. The summed E-state index contributed by atoms with van der Waals surface area (Å²) in [5, 5.41) is 4.46. The van der Waals surface area contributed by atoms with Gasteiger partial charge in [-0.15, -0.1) is 0 Å². The van der Waals surface area contributed by atoms with Crippen molar-refractivity contribution in [2.45, 2.75) is 19.4 Å². The fourth-order valence-corrected chi connectivity index (χ4v) is 2.85. The van der Waals surface area contributed by atoms with Gasteiger partial charge in [-0.3, -0.25) is 0 Å². The SMILES string of the molecule is COc1ccc2c(c1)O[C@H](C)C/C2=N\OC(=O)c1cc(Cl)ccc1OC. The molecule has 2 aromatic carbocycles. The van der Waals surface area contributed by atoms with Gasteiger partial charge in [0.05, 0.1) is 19.9 Å². The molecule has 0 radical (unpaired) electrons. The molecule has 6 nitrogen and oxygen atoms in total. The van der Waals surface area contributed by atoms with Crippen LogP contribution in [-0.2, 0) is 4.84 Å². The summed E-state index contributed by atoms with van der Waals surface area (Å²) in [6.07, 6.45) is 0.409. The van der Waals surface area contributed by atoms with Crippen LogP contribution in [0.1, 0.15) is 29.3 Å². The molecule has 3 rings (SSSR count). The molecular formula is C19H18ClNO5. The number of rotatable bonds is 4.